The van der Waals surface area contributed by atoms with Crippen molar-refractivity contribution in [1.29, 1.82) is 0 Å². The summed E-state index contributed by atoms with van der Waals surface area (Å²) >= 11 is 0. The lowest BCUT2D eigenvalue weighted by atomic mass is 10.0. The third-order valence-corrected chi connectivity index (χ3v) is 2.51. The summed E-state index contributed by atoms with van der Waals surface area (Å²) in [5.74, 6) is 0.642. The van der Waals surface area contributed by atoms with Crippen LogP contribution in [0.1, 0.15) is 18.1 Å². The standard InChI is InChI=1S/C12H14FNO/c1-8(2)14-7-10-9-5-6-15-12(9)4-3-11(10)13/h3-4,14H,1,5-7H2,2H3. The number of ether oxygens (including phenoxy) is 1. The molecule has 0 spiro atoms. The zero-order chi connectivity index (χ0) is 10.8. The smallest absolute Gasteiger partial charge is 0.128 e. The summed E-state index contributed by atoms with van der Waals surface area (Å²) < 4.78 is 19.0. The van der Waals surface area contributed by atoms with Gasteiger partial charge in [-0.2, -0.15) is 0 Å². The average molecular weight is 207 g/mol. The SMILES string of the molecule is C=C(C)NCc1c(F)ccc2c1CCO2. The van der Waals surface area contributed by atoms with Crippen LogP contribution in [-0.2, 0) is 13.0 Å². The van der Waals surface area contributed by atoms with Gasteiger partial charge in [0.15, 0.2) is 0 Å². The number of allylic oxidation sites excluding steroid dienone is 1. The second-order valence-electron chi connectivity index (χ2n) is 3.73. The number of nitrogens with one attached hydrogen (secondary N) is 1. The van der Waals surface area contributed by atoms with Gasteiger partial charge in [0, 0.05) is 29.8 Å². The Balaban J connectivity index is 2.28. The van der Waals surface area contributed by atoms with Crippen LogP contribution in [0, 0.1) is 5.82 Å². The largest absolute Gasteiger partial charge is 0.493 e. The van der Waals surface area contributed by atoms with Gasteiger partial charge in [0.05, 0.1) is 6.61 Å². The molecule has 0 saturated heterocycles. The van der Waals surface area contributed by atoms with Crippen molar-refractivity contribution in [1.82, 2.24) is 5.32 Å². The zero-order valence-corrected chi connectivity index (χ0v) is 8.77. The van der Waals surface area contributed by atoms with Crippen molar-refractivity contribution in [2.75, 3.05) is 6.61 Å². The normalized spacial score (nSPS) is 13.2. The second-order valence-corrected chi connectivity index (χ2v) is 3.73. The van der Waals surface area contributed by atoms with Crippen molar-refractivity contribution < 1.29 is 9.13 Å². The minimum absolute atomic E-state index is 0.173. The maximum Gasteiger partial charge on any atom is 0.128 e. The number of benzene rings is 1. The number of rotatable bonds is 3. The van der Waals surface area contributed by atoms with Crippen LogP contribution in [0.15, 0.2) is 24.4 Å². The van der Waals surface area contributed by atoms with Crippen LogP contribution in [0.4, 0.5) is 4.39 Å². The van der Waals surface area contributed by atoms with Crippen molar-refractivity contribution in [2.45, 2.75) is 19.9 Å². The Morgan fingerprint density at radius 1 is 1.60 bits per heavy atom. The first-order chi connectivity index (χ1) is 7.18. The molecule has 15 heavy (non-hydrogen) atoms. The van der Waals surface area contributed by atoms with Gasteiger partial charge in [-0.1, -0.05) is 6.58 Å². The zero-order valence-electron chi connectivity index (χ0n) is 8.77. The third-order valence-electron chi connectivity index (χ3n) is 2.51. The van der Waals surface area contributed by atoms with E-state index in [-0.39, 0.29) is 5.82 Å². The quantitative estimate of drug-likeness (QED) is 0.821. The molecule has 3 heteroatoms. The first-order valence-corrected chi connectivity index (χ1v) is 5.01. The molecule has 1 aliphatic heterocycles. The molecule has 0 saturated carbocycles. The summed E-state index contributed by atoms with van der Waals surface area (Å²) in [7, 11) is 0. The molecule has 0 aromatic heterocycles. The minimum atomic E-state index is -0.173. The van der Waals surface area contributed by atoms with Gasteiger partial charge >= 0.3 is 0 Å². The molecule has 0 atom stereocenters. The predicted molar refractivity (Wildman–Crippen MR) is 57.3 cm³/mol. The first-order valence-electron chi connectivity index (χ1n) is 5.01. The van der Waals surface area contributed by atoms with E-state index in [0.29, 0.717) is 18.7 Å². The number of hydrogen-bond donors (Lipinski definition) is 1. The Morgan fingerprint density at radius 3 is 3.13 bits per heavy atom. The van der Waals surface area contributed by atoms with E-state index in [0.717, 1.165) is 23.4 Å². The number of hydrogen-bond acceptors (Lipinski definition) is 2. The molecule has 0 unspecified atom stereocenters. The summed E-state index contributed by atoms with van der Waals surface area (Å²) in [4.78, 5) is 0. The molecule has 80 valence electrons. The van der Waals surface area contributed by atoms with Gasteiger partial charge < -0.3 is 10.1 Å². The second kappa shape index (κ2) is 3.93. The topological polar surface area (TPSA) is 21.3 Å². The van der Waals surface area contributed by atoms with Crippen LogP contribution >= 0.6 is 0 Å². The lowest BCUT2D eigenvalue weighted by molar-refractivity contribution is 0.356. The van der Waals surface area contributed by atoms with E-state index >= 15 is 0 Å². The Labute approximate surface area is 88.8 Å². The van der Waals surface area contributed by atoms with Gasteiger partial charge in [-0.05, 0) is 19.1 Å². The highest BCUT2D eigenvalue weighted by Crippen LogP contribution is 2.30. The summed E-state index contributed by atoms with van der Waals surface area (Å²) in [6, 6.07) is 3.15. The molecule has 0 radical (unpaired) electrons. The van der Waals surface area contributed by atoms with Crippen LogP contribution in [-0.4, -0.2) is 6.61 Å². The van der Waals surface area contributed by atoms with Crippen LogP contribution in [0.25, 0.3) is 0 Å². The third kappa shape index (κ3) is 1.96. The minimum Gasteiger partial charge on any atom is -0.493 e. The molecule has 1 N–H and O–H groups in total. The van der Waals surface area contributed by atoms with Crippen LogP contribution in [0.5, 0.6) is 5.75 Å². The Kier molecular flexibility index (Phi) is 2.62. The molecule has 0 amide bonds. The maximum atomic E-state index is 13.6. The Hall–Kier alpha value is -1.51. The molecule has 2 rings (SSSR count). The lowest BCUT2D eigenvalue weighted by Gasteiger charge is -2.10. The van der Waals surface area contributed by atoms with E-state index in [1.807, 2.05) is 6.92 Å². The van der Waals surface area contributed by atoms with Crippen molar-refractivity contribution in [3.05, 3.63) is 41.4 Å². The van der Waals surface area contributed by atoms with E-state index in [4.69, 9.17) is 4.74 Å². The Morgan fingerprint density at radius 2 is 2.40 bits per heavy atom. The monoisotopic (exact) mass is 207 g/mol. The molecular formula is C12H14FNO. The Bertz CT molecular complexity index is 401. The van der Waals surface area contributed by atoms with E-state index in [1.165, 1.54) is 6.07 Å². The van der Waals surface area contributed by atoms with Crippen molar-refractivity contribution in [3.8, 4) is 5.75 Å². The van der Waals surface area contributed by atoms with Crippen LogP contribution in [0.3, 0.4) is 0 Å². The first kappa shape index (κ1) is 10.0. The van der Waals surface area contributed by atoms with Gasteiger partial charge in [0.1, 0.15) is 11.6 Å². The highest BCUT2D eigenvalue weighted by Gasteiger charge is 2.18. The molecule has 0 aliphatic carbocycles. The van der Waals surface area contributed by atoms with E-state index in [2.05, 4.69) is 11.9 Å². The van der Waals surface area contributed by atoms with Gasteiger partial charge in [-0.25, -0.2) is 4.39 Å². The van der Waals surface area contributed by atoms with Gasteiger partial charge in [0.25, 0.3) is 0 Å². The fraction of sp³-hybridized carbons (Fsp3) is 0.333. The fourth-order valence-corrected chi connectivity index (χ4v) is 1.75. The average Bonchev–Trinajstić information content (AvgIpc) is 2.63. The van der Waals surface area contributed by atoms with E-state index in [9.17, 15) is 4.39 Å². The lowest BCUT2D eigenvalue weighted by Crippen LogP contribution is -2.12. The maximum absolute atomic E-state index is 13.6. The summed E-state index contributed by atoms with van der Waals surface area (Å²) in [5.41, 5.74) is 2.53. The summed E-state index contributed by atoms with van der Waals surface area (Å²) in [5, 5.41) is 3.04. The molecule has 1 aliphatic rings. The highest BCUT2D eigenvalue weighted by molar-refractivity contribution is 5.43. The van der Waals surface area contributed by atoms with Crippen molar-refractivity contribution in [3.63, 3.8) is 0 Å². The summed E-state index contributed by atoms with van der Waals surface area (Å²) in [6.45, 7) is 6.72. The molecule has 1 aromatic rings. The molecule has 0 bridgehead atoms. The highest BCUT2D eigenvalue weighted by atomic mass is 19.1. The van der Waals surface area contributed by atoms with E-state index in [1.54, 1.807) is 6.07 Å². The van der Waals surface area contributed by atoms with Gasteiger partial charge in [-0.3, -0.25) is 0 Å². The van der Waals surface area contributed by atoms with Crippen LogP contribution in [0.2, 0.25) is 0 Å². The fourth-order valence-electron chi connectivity index (χ4n) is 1.75. The molecule has 1 heterocycles. The van der Waals surface area contributed by atoms with Crippen molar-refractivity contribution in [2.24, 2.45) is 0 Å². The number of fused-ring (bicyclic) bond motifs is 1. The van der Waals surface area contributed by atoms with Crippen LogP contribution < -0.4 is 10.1 Å². The number of halogens is 1. The van der Waals surface area contributed by atoms with Gasteiger partial charge in [0.2, 0.25) is 0 Å². The van der Waals surface area contributed by atoms with Gasteiger partial charge in [-0.15, -0.1) is 0 Å². The molecule has 2 nitrogen and oxygen atoms in total. The molecule has 0 fully saturated rings. The summed E-state index contributed by atoms with van der Waals surface area (Å²) in [6.07, 6.45) is 0.792. The van der Waals surface area contributed by atoms with E-state index < -0.39 is 0 Å². The predicted octanol–water partition coefficient (Wildman–Crippen LogP) is 2.38. The molecular weight excluding hydrogens is 193 g/mol. The van der Waals surface area contributed by atoms with Crippen molar-refractivity contribution >= 4 is 0 Å². The molecule has 1 aromatic carbocycles.